The second kappa shape index (κ2) is 7.64. The molecule has 1 aromatic carbocycles. The number of hydrogen-bond donors (Lipinski definition) is 1. The van der Waals surface area contributed by atoms with Crippen LogP contribution < -0.4 is 5.32 Å². The lowest BCUT2D eigenvalue weighted by atomic mass is 10.0. The monoisotopic (exact) mass is 348 g/mol. The number of benzene rings is 1. The van der Waals surface area contributed by atoms with Crippen molar-refractivity contribution < 1.29 is 4.52 Å². The molecule has 1 atom stereocenters. The van der Waals surface area contributed by atoms with E-state index in [2.05, 4.69) is 51.5 Å². The quantitative estimate of drug-likeness (QED) is 0.899. The Morgan fingerprint density at radius 2 is 2.04 bits per heavy atom. The third-order valence-electron chi connectivity index (χ3n) is 4.88. The summed E-state index contributed by atoms with van der Waals surface area (Å²) in [4.78, 5) is 7.04. The summed E-state index contributed by atoms with van der Waals surface area (Å²) in [5.41, 5.74) is 2.75. The molecule has 1 saturated heterocycles. The highest BCUT2D eigenvalue weighted by Crippen LogP contribution is 2.39. The van der Waals surface area contributed by atoms with Gasteiger partial charge in [0.1, 0.15) is 0 Å². The van der Waals surface area contributed by atoms with Crippen LogP contribution in [0.25, 0.3) is 0 Å². The lowest BCUT2D eigenvalue weighted by molar-refractivity contribution is 0.148. The van der Waals surface area contributed by atoms with Gasteiger partial charge in [-0.1, -0.05) is 36.3 Å². The summed E-state index contributed by atoms with van der Waals surface area (Å²) in [6.07, 6.45) is 3.48. The van der Waals surface area contributed by atoms with Gasteiger partial charge in [-0.15, -0.1) is 12.4 Å². The molecular weight excluding hydrogens is 324 g/mol. The highest BCUT2D eigenvalue weighted by atomic mass is 35.5. The van der Waals surface area contributed by atoms with Gasteiger partial charge in [0.05, 0.1) is 6.54 Å². The number of rotatable bonds is 5. The first-order valence-electron chi connectivity index (χ1n) is 8.69. The van der Waals surface area contributed by atoms with E-state index in [0.29, 0.717) is 12.0 Å². The number of halogens is 1. The van der Waals surface area contributed by atoms with Crippen LogP contribution in [0.15, 0.2) is 28.8 Å². The van der Waals surface area contributed by atoms with Crippen LogP contribution in [-0.4, -0.2) is 34.7 Å². The molecule has 6 heteroatoms. The Morgan fingerprint density at radius 3 is 2.75 bits per heavy atom. The molecule has 2 fully saturated rings. The van der Waals surface area contributed by atoms with Gasteiger partial charge in [0.2, 0.25) is 5.89 Å². The van der Waals surface area contributed by atoms with E-state index in [0.717, 1.165) is 44.3 Å². The molecule has 2 aliphatic rings. The largest absolute Gasteiger partial charge is 0.339 e. The van der Waals surface area contributed by atoms with Gasteiger partial charge >= 0.3 is 0 Å². The minimum atomic E-state index is 0. The summed E-state index contributed by atoms with van der Waals surface area (Å²) in [6.45, 7) is 5.94. The predicted molar refractivity (Wildman–Crippen MR) is 95.4 cm³/mol. The molecular formula is C18H25ClN4O. The summed E-state index contributed by atoms with van der Waals surface area (Å²) >= 11 is 0. The van der Waals surface area contributed by atoms with Gasteiger partial charge in [0.15, 0.2) is 5.82 Å². The van der Waals surface area contributed by atoms with Crippen molar-refractivity contribution >= 4 is 12.4 Å². The lowest BCUT2D eigenvalue weighted by Crippen LogP contribution is -2.45. The van der Waals surface area contributed by atoms with Crippen LogP contribution in [0.1, 0.15) is 54.6 Å². The van der Waals surface area contributed by atoms with Crippen molar-refractivity contribution in [3.05, 3.63) is 47.1 Å². The van der Waals surface area contributed by atoms with Gasteiger partial charge in [0.25, 0.3) is 0 Å². The molecule has 1 aliphatic heterocycles. The molecule has 1 aromatic heterocycles. The molecule has 0 amide bonds. The van der Waals surface area contributed by atoms with E-state index in [1.165, 1.54) is 24.0 Å². The summed E-state index contributed by atoms with van der Waals surface area (Å²) in [7, 11) is 0. The summed E-state index contributed by atoms with van der Waals surface area (Å²) < 4.78 is 5.40. The molecule has 1 N–H and O–H groups in total. The van der Waals surface area contributed by atoms with Crippen LogP contribution >= 0.6 is 12.4 Å². The summed E-state index contributed by atoms with van der Waals surface area (Å²) in [6, 6.07) is 9.37. The maximum atomic E-state index is 5.40. The molecule has 4 rings (SSSR count). The number of nitrogens with one attached hydrogen (secondary N) is 1. The van der Waals surface area contributed by atoms with Gasteiger partial charge in [-0.3, -0.25) is 4.90 Å². The fourth-order valence-corrected chi connectivity index (χ4v) is 3.25. The summed E-state index contributed by atoms with van der Waals surface area (Å²) in [5.74, 6) is 2.18. The molecule has 2 heterocycles. The average Bonchev–Trinajstić information content (AvgIpc) is 3.35. The summed E-state index contributed by atoms with van der Waals surface area (Å²) in [5, 5.41) is 7.68. The third kappa shape index (κ3) is 3.79. The van der Waals surface area contributed by atoms with E-state index >= 15 is 0 Å². The zero-order chi connectivity index (χ0) is 15.6. The SMILES string of the molecule is CCc1ccc(C2CNCCN2Cc2noc(C3CC3)n2)cc1.Cl. The second-order valence-corrected chi connectivity index (χ2v) is 6.61. The highest BCUT2D eigenvalue weighted by molar-refractivity contribution is 5.85. The number of aryl methyl sites for hydroxylation is 1. The molecule has 0 bridgehead atoms. The number of aromatic nitrogens is 2. The maximum Gasteiger partial charge on any atom is 0.229 e. The molecule has 1 unspecified atom stereocenters. The van der Waals surface area contributed by atoms with Gasteiger partial charge in [-0.2, -0.15) is 4.98 Å². The van der Waals surface area contributed by atoms with Crippen LogP contribution in [0.2, 0.25) is 0 Å². The number of hydrogen-bond acceptors (Lipinski definition) is 5. The van der Waals surface area contributed by atoms with Gasteiger partial charge in [-0.05, 0) is 30.4 Å². The Hall–Kier alpha value is -1.43. The Bertz CT molecular complexity index is 653. The van der Waals surface area contributed by atoms with Gasteiger partial charge < -0.3 is 9.84 Å². The zero-order valence-electron chi connectivity index (χ0n) is 14.1. The molecule has 24 heavy (non-hydrogen) atoms. The molecule has 130 valence electrons. The maximum absolute atomic E-state index is 5.40. The average molecular weight is 349 g/mol. The molecule has 1 saturated carbocycles. The van der Waals surface area contributed by atoms with Gasteiger partial charge in [0, 0.05) is 31.6 Å². The van der Waals surface area contributed by atoms with Crippen molar-refractivity contribution in [3.8, 4) is 0 Å². The lowest BCUT2D eigenvalue weighted by Gasteiger charge is -2.35. The van der Waals surface area contributed by atoms with Crippen molar-refractivity contribution in [1.82, 2.24) is 20.4 Å². The minimum absolute atomic E-state index is 0. The first-order chi connectivity index (χ1) is 11.3. The van der Waals surface area contributed by atoms with E-state index in [-0.39, 0.29) is 12.4 Å². The van der Waals surface area contributed by atoms with E-state index in [1.54, 1.807) is 0 Å². The van der Waals surface area contributed by atoms with E-state index < -0.39 is 0 Å². The van der Waals surface area contributed by atoms with Crippen molar-refractivity contribution in [2.24, 2.45) is 0 Å². The number of piperazine rings is 1. The normalized spacial score (nSPS) is 21.5. The fraction of sp³-hybridized carbons (Fsp3) is 0.556. The fourth-order valence-electron chi connectivity index (χ4n) is 3.25. The van der Waals surface area contributed by atoms with E-state index in [1.807, 2.05) is 0 Å². The zero-order valence-corrected chi connectivity index (χ0v) is 14.9. The predicted octanol–water partition coefficient (Wildman–Crippen LogP) is 3.08. The van der Waals surface area contributed by atoms with Crippen molar-refractivity contribution in [3.63, 3.8) is 0 Å². The third-order valence-corrected chi connectivity index (χ3v) is 4.88. The Morgan fingerprint density at radius 1 is 1.25 bits per heavy atom. The van der Waals surface area contributed by atoms with Crippen LogP contribution in [0.4, 0.5) is 0 Å². The first-order valence-corrected chi connectivity index (χ1v) is 8.69. The van der Waals surface area contributed by atoms with Crippen LogP contribution in [0.5, 0.6) is 0 Å². The highest BCUT2D eigenvalue weighted by Gasteiger charge is 2.31. The number of nitrogens with zero attached hydrogens (tertiary/aromatic N) is 3. The second-order valence-electron chi connectivity index (χ2n) is 6.61. The molecule has 0 spiro atoms. The van der Waals surface area contributed by atoms with Crippen molar-refractivity contribution in [2.75, 3.05) is 19.6 Å². The van der Waals surface area contributed by atoms with Gasteiger partial charge in [-0.25, -0.2) is 0 Å². The van der Waals surface area contributed by atoms with Crippen molar-refractivity contribution in [1.29, 1.82) is 0 Å². The van der Waals surface area contributed by atoms with Crippen LogP contribution in [0.3, 0.4) is 0 Å². The smallest absolute Gasteiger partial charge is 0.229 e. The molecule has 0 radical (unpaired) electrons. The topological polar surface area (TPSA) is 54.2 Å². The Balaban J connectivity index is 0.00000169. The van der Waals surface area contributed by atoms with E-state index in [4.69, 9.17) is 4.52 Å². The standard InChI is InChI=1S/C18H24N4O.ClH/c1-2-13-3-5-14(6-4-13)16-11-19-9-10-22(16)12-17-20-18(23-21-17)15-7-8-15;/h3-6,15-16,19H,2,7-12H2,1H3;1H. The molecule has 2 aromatic rings. The Labute approximate surface area is 149 Å². The minimum Gasteiger partial charge on any atom is -0.339 e. The van der Waals surface area contributed by atoms with E-state index in [9.17, 15) is 0 Å². The first kappa shape index (κ1) is 17.4. The van der Waals surface area contributed by atoms with Crippen molar-refractivity contribution in [2.45, 2.75) is 44.7 Å². The molecule has 1 aliphatic carbocycles. The Kier molecular flexibility index (Phi) is 5.54. The van der Waals surface area contributed by atoms with Crippen LogP contribution in [-0.2, 0) is 13.0 Å². The molecule has 5 nitrogen and oxygen atoms in total. The van der Waals surface area contributed by atoms with Crippen LogP contribution in [0, 0.1) is 0 Å².